The van der Waals surface area contributed by atoms with Crippen LogP contribution in [0.15, 0.2) is 6.07 Å². The smallest absolute Gasteiger partial charge is 0.139 e. The maximum absolute atomic E-state index is 10.2. The molecule has 0 spiro atoms. The highest BCUT2D eigenvalue weighted by molar-refractivity contribution is 7.10. The first-order chi connectivity index (χ1) is 7.18. The van der Waals surface area contributed by atoms with Crippen LogP contribution in [0.5, 0.6) is 0 Å². The van der Waals surface area contributed by atoms with Crippen LogP contribution in [0.2, 0.25) is 0 Å². The molecule has 0 radical (unpaired) electrons. The second-order valence-electron chi connectivity index (χ2n) is 4.25. The van der Waals surface area contributed by atoms with Crippen molar-refractivity contribution in [3.8, 4) is 0 Å². The van der Waals surface area contributed by atoms with Crippen LogP contribution in [-0.4, -0.2) is 21.6 Å². The lowest BCUT2D eigenvalue weighted by Gasteiger charge is -2.32. The lowest BCUT2D eigenvalue weighted by molar-refractivity contribution is 0.0168. The number of hydrogen-bond donors (Lipinski definition) is 3. The summed E-state index contributed by atoms with van der Waals surface area (Å²) < 4.78 is 3.98. The second-order valence-corrected chi connectivity index (χ2v) is 5.06. The van der Waals surface area contributed by atoms with E-state index in [1.54, 1.807) is 6.07 Å². The van der Waals surface area contributed by atoms with E-state index >= 15 is 0 Å². The minimum atomic E-state index is -0.531. The zero-order valence-corrected chi connectivity index (χ0v) is 9.52. The predicted molar refractivity (Wildman–Crippen MR) is 63.1 cm³/mol. The summed E-state index contributed by atoms with van der Waals surface area (Å²) in [5, 5.41) is 14.4. The van der Waals surface area contributed by atoms with E-state index in [-0.39, 0.29) is 0 Å². The molecule has 0 saturated heterocycles. The van der Waals surface area contributed by atoms with Crippen molar-refractivity contribution >= 4 is 22.4 Å². The fraction of sp³-hybridized carbons (Fsp3) is 0.700. The molecule has 1 aliphatic rings. The topological polar surface area (TPSA) is 71.2 Å². The first-order valence-corrected chi connectivity index (χ1v) is 6.14. The summed E-state index contributed by atoms with van der Waals surface area (Å²) in [6.45, 7) is 0.606. The molecule has 1 aromatic rings. The number of nitrogen functional groups attached to an aromatic ring is 1. The van der Waals surface area contributed by atoms with Gasteiger partial charge >= 0.3 is 0 Å². The van der Waals surface area contributed by atoms with E-state index in [1.165, 1.54) is 18.0 Å². The largest absolute Gasteiger partial charge is 0.388 e. The van der Waals surface area contributed by atoms with Gasteiger partial charge in [-0.15, -0.1) is 0 Å². The molecule has 1 aliphatic carbocycles. The van der Waals surface area contributed by atoms with Crippen LogP contribution >= 0.6 is 11.5 Å². The third-order valence-electron chi connectivity index (χ3n) is 2.90. The average Bonchev–Trinajstić information content (AvgIpc) is 2.63. The van der Waals surface area contributed by atoms with E-state index in [0.29, 0.717) is 12.4 Å². The van der Waals surface area contributed by atoms with Gasteiger partial charge in [-0.3, -0.25) is 0 Å². The Morgan fingerprint density at radius 3 is 2.80 bits per heavy atom. The van der Waals surface area contributed by atoms with Gasteiger partial charge in [0.25, 0.3) is 0 Å². The van der Waals surface area contributed by atoms with E-state index < -0.39 is 5.60 Å². The van der Waals surface area contributed by atoms with Gasteiger partial charge in [0, 0.05) is 12.6 Å². The number of nitrogens with one attached hydrogen (secondary N) is 1. The van der Waals surface area contributed by atoms with Gasteiger partial charge in [-0.1, -0.05) is 19.3 Å². The Labute approximate surface area is 93.7 Å². The van der Waals surface area contributed by atoms with Gasteiger partial charge in [-0.05, 0) is 24.4 Å². The Kier molecular flexibility index (Phi) is 3.11. The van der Waals surface area contributed by atoms with Crippen LogP contribution < -0.4 is 11.1 Å². The van der Waals surface area contributed by atoms with E-state index in [0.717, 1.165) is 30.7 Å². The quantitative estimate of drug-likeness (QED) is 0.736. The van der Waals surface area contributed by atoms with Crippen LogP contribution in [0.4, 0.5) is 10.8 Å². The molecule has 1 aromatic heterocycles. The molecule has 15 heavy (non-hydrogen) atoms. The molecule has 1 heterocycles. The van der Waals surface area contributed by atoms with E-state index in [4.69, 9.17) is 5.73 Å². The molecule has 0 unspecified atom stereocenters. The number of hydrogen-bond acceptors (Lipinski definition) is 5. The zero-order chi connectivity index (χ0) is 10.7. The highest BCUT2D eigenvalue weighted by Crippen LogP contribution is 2.29. The van der Waals surface area contributed by atoms with E-state index in [1.807, 2.05) is 0 Å². The summed E-state index contributed by atoms with van der Waals surface area (Å²) in [6, 6.07) is 1.80. The van der Waals surface area contributed by atoms with Crippen molar-refractivity contribution in [3.63, 3.8) is 0 Å². The first-order valence-electron chi connectivity index (χ1n) is 5.36. The molecule has 1 saturated carbocycles. The Morgan fingerprint density at radius 1 is 1.47 bits per heavy atom. The van der Waals surface area contributed by atoms with Crippen molar-refractivity contribution in [2.24, 2.45) is 0 Å². The minimum Gasteiger partial charge on any atom is -0.388 e. The van der Waals surface area contributed by atoms with Crippen LogP contribution in [0.3, 0.4) is 0 Å². The molecule has 5 heteroatoms. The van der Waals surface area contributed by atoms with Gasteiger partial charge < -0.3 is 16.2 Å². The summed E-state index contributed by atoms with van der Waals surface area (Å²) in [5.74, 6) is 0.540. The number of rotatable bonds is 3. The summed E-state index contributed by atoms with van der Waals surface area (Å²) >= 11 is 1.34. The normalized spacial score (nSPS) is 20.1. The number of aromatic nitrogens is 1. The van der Waals surface area contributed by atoms with E-state index in [9.17, 15) is 5.11 Å². The number of anilines is 2. The van der Waals surface area contributed by atoms with E-state index in [2.05, 4.69) is 9.69 Å². The summed E-state index contributed by atoms with van der Waals surface area (Å²) in [6.07, 6.45) is 5.30. The van der Waals surface area contributed by atoms with Gasteiger partial charge in [-0.25, -0.2) is 0 Å². The number of aliphatic hydroxyl groups is 1. The standard InChI is InChI=1S/C10H17N3OS/c11-8-6-9(15-13-8)12-7-10(14)4-2-1-3-5-10/h6,12,14H,1-5,7H2,(H2,11,13). The van der Waals surface area contributed by atoms with Crippen molar-refractivity contribution in [1.82, 2.24) is 4.37 Å². The zero-order valence-electron chi connectivity index (χ0n) is 8.70. The molecular weight excluding hydrogens is 210 g/mol. The molecule has 0 aliphatic heterocycles. The number of nitrogens with two attached hydrogens (primary N) is 1. The summed E-state index contributed by atoms with van der Waals surface area (Å²) in [5.41, 5.74) is 4.99. The molecule has 0 aromatic carbocycles. The molecule has 2 rings (SSSR count). The molecule has 1 fully saturated rings. The average molecular weight is 227 g/mol. The van der Waals surface area contributed by atoms with Gasteiger partial charge in [0.1, 0.15) is 10.8 Å². The third kappa shape index (κ3) is 2.82. The third-order valence-corrected chi connectivity index (χ3v) is 3.67. The molecule has 0 amide bonds. The van der Waals surface area contributed by atoms with Gasteiger partial charge in [-0.2, -0.15) is 4.37 Å². The van der Waals surface area contributed by atoms with Crippen molar-refractivity contribution in [2.75, 3.05) is 17.6 Å². The molecule has 84 valence electrons. The number of nitrogens with zero attached hydrogens (tertiary/aromatic N) is 1. The molecule has 4 N–H and O–H groups in total. The van der Waals surface area contributed by atoms with Gasteiger partial charge in [0.2, 0.25) is 0 Å². The second kappa shape index (κ2) is 4.37. The fourth-order valence-electron chi connectivity index (χ4n) is 2.01. The summed E-state index contributed by atoms with van der Waals surface area (Å²) in [7, 11) is 0. The Morgan fingerprint density at radius 2 is 2.20 bits per heavy atom. The predicted octanol–water partition coefficient (Wildman–Crippen LogP) is 1.83. The van der Waals surface area contributed by atoms with Gasteiger partial charge in [0.15, 0.2) is 0 Å². The van der Waals surface area contributed by atoms with Crippen molar-refractivity contribution in [1.29, 1.82) is 0 Å². The van der Waals surface area contributed by atoms with Gasteiger partial charge in [0.05, 0.1) is 5.60 Å². The summed E-state index contributed by atoms with van der Waals surface area (Å²) in [4.78, 5) is 0. The van der Waals surface area contributed by atoms with Crippen LogP contribution in [0.25, 0.3) is 0 Å². The lowest BCUT2D eigenvalue weighted by Crippen LogP contribution is -2.38. The molecule has 0 atom stereocenters. The molecule has 4 nitrogen and oxygen atoms in total. The van der Waals surface area contributed by atoms with Crippen LogP contribution in [0.1, 0.15) is 32.1 Å². The van der Waals surface area contributed by atoms with Crippen molar-refractivity contribution in [3.05, 3.63) is 6.07 Å². The van der Waals surface area contributed by atoms with Crippen LogP contribution in [0, 0.1) is 0 Å². The SMILES string of the molecule is Nc1cc(NCC2(O)CCCCC2)sn1. The van der Waals surface area contributed by atoms with Crippen molar-refractivity contribution in [2.45, 2.75) is 37.7 Å². The Hall–Kier alpha value is -0.810. The Bertz CT molecular complexity index is 320. The Balaban J connectivity index is 1.86. The highest BCUT2D eigenvalue weighted by atomic mass is 32.1. The molecular formula is C10H17N3OS. The first kappa shape index (κ1) is 10.7. The molecule has 0 bridgehead atoms. The maximum atomic E-state index is 10.2. The maximum Gasteiger partial charge on any atom is 0.139 e. The minimum absolute atomic E-state index is 0.531. The lowest BCUT2D eigenvalue weighted by atomic mass is 9.85. The monoisotopic (exact) mass is 227 g/mol. The van der Waals surface area contributed by atoms with Crippen molar-refractivity contribution < 1.29 is 5.11 Å². The van der Waals surface area contributed by atoms with Crippen LogP contribution in [-0.2, 0) is 0 Å². The fourth-order valence-corrected chi connectivity index (χ4v) is 2.58. The highest BCUT2D eigenvalue weighted by Gasteiger charge is 2.28.